The highest BCUT2D eigenvalue weighted by molar-refractivity contribution is 6.04. The Morgan fingerprint density at radius 3 is 2.20 bits per heavy atom. The van der Waals surface area contributed by atoms with E-state index in [0.29, 0.717) is 28.1 Å². The maximum absolute atomic E-state index is 12.6. The van der Waals surface area contributed by atoms with E-state index in [0.717, 1.165) is 5.56 Å². The fourth-order valence-electron chi connectivity index (χ4n) is 2.99. The van der Waals surface area contributed by atoms with Crippen molar-refractivity contribution in [2.24, 2.45) is 0 Å². The second-order valence-corrected chi connectivity index (χ2v) is 7.42. The summed E-state index contributed by atoms with van der Waals surface area (Å²) < 4.78 is 6.16. The van der Waals surface area contributed by atoms with Crippen molar-refractivity contribution in [1.29, 1.82) is 5.26 Å². The molecule has 3 aromatic rings. The van der Waals surface area contributed by atoms with Crippen LogP contribution in [0.15, 0.2) is 72.8 Å². The van der Waals surface area contributed by atoms with E-state index in [1.54, 1.807) is 60.7 Å². The number of ether oxygens (including phenoxy) is 1. The molecule has 3 aromatic carbocycles. The van der Waals surface area contributed by atoms with E-state index >= 15 is 0 Å². The van der Waals surface area contributed by atoms with Crippen molar-refractivity contribution < 1.29 is 14.3 Å². The van der Waals surface area contributed by atoms with Gasteiger partial charge in [0.1, 0.15) is 11.4 Å². The molecule has 0 bridgehead atoms. The minimum absolute atomic E-state index is 0.0150. The van der Waals surface area contributed by atoms with E-state index in [1.807, 2.05) is 32.0 Å². The third-order valence-corrected chi connectivity index (χ3v) is 4.73. The highest BCUT2D eigenvalue weighted by Gasteiger charge is 2.23. The molecule has 0 fully saturated rings. The molecule has 0 aliphatic carbocycles. The summed E-state index contributed by atoms with van der Waals surface area (Å²) in [7, 11) is 0. The fraction of sp³-hybridized carbons (Fsp3) is 0.160. The van der Waals surface area contributed by atoms with Crippen molar-refractivity contribution >= 4 is 17.4 Å². The molecular weight excluding hydrogens is 376 g/mol. The van der Waals surface area contributed by atoms with Crippen molar-refractivity contribution in [3.63, 3.8) is 0 Å². The van der Waals surface area contributed by atoms with Gasteiger partial charge in [-0.3, -0.25) is 9.59 Å². The van der Waals surface area contributed by atoms with Crippen LogP contribution in [-0.2, 0) is 5.60 Å². The maximum atomic E-state index is 12.6. The number of anilines is 1. The van der Waals surface area contributed by atoms with Gasteiger partial charge in [0.05, 0.1) is 11.6 Å². The maximum Gasteiger partial charge on any atom is 0.255 e. The summed E-state index contributed by atoms with van der Waals surface area (Å²) in [5.41, 5.74) is 2.51. The van der Waals surface area contributed by atoms with Crippen LogP contribution in [0.2, 0.25) is 0 Å². The van der Waals surface area contributed by atoms with Crippen molar-refractivity contribution in [1.82, 2.24) is 0 Å². The molecule has 0 saturated heterocycles. The van der Waals surface area contributed by atoms with Gasteiger partial charge in [-0.2, -0.15) is 5.26 Å². The van der Waals surface area contributed by atoms with Crippen LogP contribution >= 0.6 is 0 Å². The lowest BCUT2D eigenvalue weighted by atomic mass is 9.96. The monoisotopic (exact) mass is 398 g/mol. The molecule has 0 spiro atoms. The number of carbonyl (C=O) groups excluding carboxylic acids is 2. The van der Waals surface area contributed by atoms with Crippen LogP contribution < -0.4 is 10.1 Å². The number of rotatable bonds is 6. The van der Waals surface area contributed by atoms with Gasteiger partial charge in [-0.05, 0) is 68.8 Å². The molecule has 1 N–H and O–H groups in total. The largest absolute Gasteiger partial charge is 0.483 e. The average molecular weight is 398 g/mol. The summed E-state index contributed by atoms with van der Waals surface area (Å²) in [6.45, 7) is 5.39. The number of nitrogens with zero attached hydrogens (tertiary/aromatic N) is 1. The number of hydrogen-bond donors (Lipinski definition) is 1. The normalized spacial score (nSPS) is 10.7. The Bertz CT molecular complexity index is 1110. The van der Waals surface area contributed by atoms with Crippen LogP contribution in [0.5, 0.6) is 5.75 Å². The first-order chi connectivity index (χ1) is 14.3. The van der Waals surface area contributed by atoms with E-state index in [9.17, 15) is 9.59 Å². The third-order valence-electron chi connectivity index (χ3n) is 4.73. The van der Waals surface area contributed by atoms with Crippen molar-refractivity contribution in [2.75, 3.05) is 5.32 Å². The van der Waals surface area contributed by atoms with Gasteiger partial charge in [0.25, 0.3) is 5.91 Å². The first-order valence-electron chi connectivity index (χ1n) is 9.50. The Labute approximate surface area is 175 Å². The molecule has 1 amide bonds. The molecular formula is C25H22N2O3. The van der Waals surface area contributed by atoms with Crippen LogP contribution in [0.4, 0.5) is 5.69 Å². The molecule has 5 heteroatoms. The van der Waals surface area contributed by atoms with Crippen LogP contribution in [0, 0.1) is 11.3 Å². The van der Waals surface area contributed by atoms with Crippen LogP contribution in [-0.4, -0.2) is 11.7 Å². The molecule has 0 aromatic heterocycles. The number of nitriles is 1. The summed E-state index contributed by atoms with van der Waals surface area (Å²) in [6, 6.07) is 23.0. The van der Waals surface area contributed by atoms with Crippen LogP contribution in [0.3, 0.4) is 0 Å². The topological polar surface area (TPSA) is 79.2 Å². The molecule has 0 atom stereocenters. The molecule has 3 rings (SSSR count). The molecule has 150 valence electrons. The van der Waals surface area contributed by atoms with E-state index < -0.39 is 5.60 Å². The quantitative estimate of drug-likeness (QED) is 0.569. The van der Waals surface area contributed by atoms with Gasteiger partial charge in [0.2, 0.25) is 0 Å². The number of nitrogens with one attached hydrogen (secondary N) is 1. The van der Waals surface area contributed by atoms with Crippen LogP contribution in [0.1, 0.15) is 52.6 Å². The summed E-state index contributed by atoms with van der Waals surface area (Å²) in [5, 5.41) is 11.7. The lowest BCUT2D eigenvalue weighted by Crippen LogP contribution is -2.25. The van der Waals surface area contributed by atoms with Crippen molar-refractivity contribution in [3.05, 3.63) is 95.1 Å². The number of hydrogen-bond acceptors (Lipinski definition) is 4. The number of Topliss-reactive ketones (excluding diaryl/α,β-unsaturated/α-hetero) is 1. The Morgan fingerprint density at radius 1 is 0.933 bits per heavy atom. The predicted molar refractivity (Wildman–Crippen MR) is 116 cm³/mol. The first-order valence-corrected chi connectivity index (χ1v) is 9.50. The lowest BCUT2D eigenvalue weighted by molar-refractivity contribution is 0.101. The number of carbonyl (C=O) groups is 2. The van der Waals surface area contributed by atoms with Crippen molar-refractivity contribution in [3.8, 4) is 11.8 Å². The zero-order valence-electron chi connectivity index (χ0n) is 17.1. The van der Waals surface area contributed by atoms with E-state index in [4.69, 9.17) is 10.00 Å². The minimum Gasteiger partial charge on any atom is -0.483 e. The van der Waals surface area contributed by atoms with Crippen molar-refractivity contribution in [2.45, 2.75) is 26.4 Å². The zero-order chi connectivity index (χ0) is 21.7. The standard InChI is InChI=1S/C25H22N2O3/c1-17(28)19-9-11-21(12-10-19)25(2,3)30-23-6-4-5-20(15-23)24(29)27-22-13-7-18(16-26)8-14-22/h4-15H,1-3H3,(H,27,29). The SMILES string of the molecule is CC(=O)c1ccc(C(C)(C)Oc2cccc(C(=O)Nc3ccc(C#N)cc3)c2)cc1. The Morgan fingerprint density at radius 2 is 1.60 bits per heavy atom. The van der Waals surface area contributed by atoms with Gasteiger partial charge < -0.3 is 10.1 Å². The average Bonchev–Trinajstić information content (AvgIpc) is 2.74. The Kier molecular flexibility index (Phi) is 5.98. The minimum atomic E-state index is -0.655. The van der Waals surface area contributed by atoms with Gasteiger partial charge in [0.15, 0.2) is 5.78 Å². The smallest absolute Gasteiger partial charge is 0.255 e. The molecule has 0 saturated carbocycles. The molecule has 0 radical (unpaired) electrons. The van der Waals surface area contributed by atoms with Gasteiger partial charge >= 0.3 is 0 Å². The number of ketones is 1. The second-order valence-electron chi connectivity index (χ2n) is 7.42. The predicted octanol–water partition coefficient (Wildman–Crippen LogP) is 5.33. The van der Waals surface area contributed by atoms with Gasteiger partial charge in [0, 0.05) is 16.8 Å². The number of amides is 1. The third kappa shape index (κ3) is 4.92. The molecule has 0 heterocycles. The second kappa shape index (κ2) is 8.62. The molecule has 0 aliphatic heterocycles. The first kappa shape index (κ1) is 20.8. The molecule has 5 nitrogen and oxygen atoms in total. The highest BCUT2D eigenvalue weighted by Crippen LogP contribution is 2.28. The summed E-state index contributed by atoms with van der Waals surface area (Å²) >= 11 is 0. The lowest BCUT2D eigenvalue weighted by Gasteiger charge is -2.27. The summed E-state index contributed by atoms with van der Waals surface area (Å²) in [4.78, 5) is 24.1. The van der Waals surface area contributed by atoms with E-state index in [-0.39, 0.29) is 11.7 Å². The van der Waals surface area contributed by atoms with Gasteiger partial charge in [-0.15, -0.1) is 0 Å². The van der Waals surface area contributed by atoms with E-state index in [1.165, 1.54) is 6.92 Å². The molecule has 0 aliphatic rings. The Hall–Kier alpha value is -3.91. The summed E-state index contributed by atoms with van der Waals surface area (Å²) in [5.74, 6) is 0.304. The van der Waals surface area contributed by atoms with Gasteiger partial charge in [-0.1, -0.05) is 30.3 Å². The zero-order valence-corrected chi connectivity index (χ0v) is 17.1. The number of benzene rings is 3. The summed E-state index contributed by atoms with van der Waals surface area (Å²) in [6.07, 6.45) is 0. The van der Waals surface area contributed by atoms with Gasteiger partial charge in [-0.25, -0.2) is 0 Å². The molecule has 0 unspecified atom stereocenters. The molecule has 30 heavy (non-hydrogen) atoms. The van der Waals surface area contributed by atoms with Crippen LogP contribution in [0.25, 0.3) is 0 Å². The van der Waals surface area contributed by atoms with E-state index in [2.05, 4.69) is 5.32 Å². The highest BCUT2D eigenvalue weighted by atomic mass is 16.5. The fourth-order valence-corrected chi connectivity index (χ4v) is 2.99. The Balaban J connectivity index is 1.74.